The number of nitrogens with zero attached hydrogens (tertiary/aromatic N) is 6. The molecule has 5 rings (SSSR count). The van der Waals surface area contributed by atoms with Crippen LogP contribution in [0.2, 0.25) is 5.02 Å². The summed E-state index contributed by atoms with van der Waals surface area (Å²) < 4.78 is 0. The number of hydrogen-bond donors (Lipinski definition) is 2. The number of hydrogen-bond acceptors (Lipinski definition) is 7. The van der Waals surface area contributed by atoms with Gasteiger partial charge >= 0.3 is 0 Å². The Bertz CT molecular complexity index is 1170. The first-order valence-electron chi connectivity index (χ1n) is 12.6. The maximum absolute atomic E-state index is 8.80. The van der Waals surface area contributed by atoms with Crippen molar-refractivity contribution in [2.45, 2.75) is 32.2 Å². The largest absolute Gasteiger partial charge is 0.379 e. The van der Waals surface area contributed by atoms with Gasteiger partial charge in [0, 0.05) is 69.5 Å². The van der Waals surface area contributed by atoms with Gasteiger partial charge in [-0.3, -0.25) is 4.90 Å². The summed E-state index contributed by atoms with van der Waals surface area (Å²) in [7, 11) is 0. The van der Waals surface area contributed by atoms with E-state index < -0.39 is 0 Å². The van der Waals surface area contributed by atoms with Gasteiger partial charge in [-0.15, -0.1) is 0 Å². The minimum Gasteiger partial charge on any atom is -0.379 e. The van der Waals surface area contributed by atoms with Crippen molar-refractivity contribution in [2.24, 2.45) is 0 Å². The Hall–Kier alpha value is -2.86. The smallest absolute Gasteiger partial charge is 0.159 e. The van der Waals surface area contributed by atoms with Crippen molar-refractivity contribution in [3.8, 4) is 17.5 Å². The molecule has 9 heteroatoms. The van der Waals surface area contributed by atoms with Crippen molar-refractivity contribution >= 4 is 34.1 Å². The number of nitrogens with one attached hydrogen (secondary N) is 2. The predicted octanol–water partition coefficient (Wildman–Crippen LogP) is 4.21. The van der Waals surface area contributed by atoms with Crippen molar-refractivity contribution in [2.75, 3.05) is 62.6 Å². The van der Waals surface area contributed by atoms with E-state index in [0.717, 1.165) is 93.4 Å². The molecule has 0 spiro atoms. The summed E-state index contributed by atoms with van der Waals surface area (Å²) in [5.74, 6) is 0.798. The van der Waals surface area contributed by atoms with E-state index in [0.29, 0.717) is 17.5 Å². The van der Waals surface area contributed by atoms with Gasteiger partial charge in [0.2, 0.25) is 0 Å². The van der Waals surface area contributed by atoms with Crippen LogP contribution in [-0.2, 0) is 0 Å². The molecule has 0 atom stereocenters. The van der Waals surface area contributed by atoms with Gasteiger partial charge in [-0.2, -0.15) is 5.26 Å². The molecule has 2 fully saturated rings. The summed E-state index contributed by atoms with van der Waals surface area (Å²) in [5.41, 5.74) is 4.66. The number of rotatable bonds is 7. The molecule has 0 amide bonds. The van der Waals surface area contributed by atoms with Crippen LogP contribution in [0.15, 0.2) is 30.5 Å². The maximum atomic E-state index is 8.80. The Balaban J connectivity index is 1.29. The zero-order chi connectivity index (χ0) is 24.2. The number of pyridine rings is 1. The van der Waals surface area contributed by atoms with E-state index in [9.17, 15) is 0 Å². The molecule has 2 saturated heterocycles. The molecule has 2 aliphatic heterocycles. The highest BCUT2D eigenvalue weighted by atomic mass is 35.5. The van der Waals surface area contributed by atoms with Crippen LogP contribution in [0.4, 0.5) is 11.4 Å². The van der Waals surface area contributed by atoms with Crippen LogP contribution in [0.1, 0.15) is 26.2 Å². The van der Waals surface area contributed by atoms with E-state index in [2.05, 4.69) is 67.2 Å². The lowest BCUT2D eigenvalue weighted by molar-refractivity contribution is 0.229. The summed E-state index contributed by atoms with van der Waals surface area (Å²) in [4.78, 5) is 20.0. The topological polar surface area (TPSA) is 87.1 Å². The van der Waals surface area contributed by atoms with Gasteiger partial charge in [0.15, 0.2) is 5.65 Å². The fraction of sp³-hybridized carbons (Fsp3) is 0.500. The second-order valence-electron chi connectivity index (χ2n) is 9.40. The Morgan fingerprint density at radius 2 is 1.83 bits per heavy atom. The first-order chi connectivity index (χ1) is 17.1. The Morgan fingerprint density at radius 1 is 1.09 bits per heavy atom. The number of fused-ring (bicyclic) bond motifs is 1. The summed E-state index contributed by atoms with van der Waals surface area (Å²) >= 11 is 6.56. The van der Waals surface area contributed by atoms with E-state index in [1.807, 2.05) is 0 Å². The summed E-state index contributed by atoms with van der Waals surface area (Å²) in [6, 6.07) is 11.2. The molecule has 0 unspecified atom stereocenters. The predicted molar refractivity (Wildman–Crippen MR) is 142 cm³/mol. The number of likely N-dealkylation sites (tertiary alicyclic amines) is 1. The highest BCUT2D eigenvalue weighted by molar-refractivity contribution is 6.34. The molecule has 3 aromatic rings. The van der Waals surface area contributed by atoms with Crippen molar-refractivity contribution in [3.63, 3.8) is 0 Å². The van der Waals surface area contributed by atoms with Gasteiger partial charge in [-0.25, -0.2) is 9.97 Å². The van der Waals surface area contributed by atoms with Crippen LogP contribution in [0.25, 0.3) is 22.6 Å². The Morgan fingerprint density at radius 3 is 2.51 bits per heavy atom. The second kappa shape index (κ2) is 10.8. The van der Waals surface area contributed by atoms with Crippen molar-refractivity contribution < 1.29 is 0 Å². The number of benzene rings is 1. The molecular weight excluding hydrogens is 460 g/mol. The molecule has 8 nitrogen and oxygen atoms in total. The number of nitriles is 1. The molecule has 0 aliphatic carbocycles. The number of anilines is 2. The number of piperidine rings is 1. The van der Waals surface area contributed by atoms with Crippen LogP contribution < -0.4 is 10.2 Å². The molecule has 2 aromatic heterocycles. The minimum absolute atomic E-state index is 0.390. The maximum Gasteiger partial charge on any atom is 0.159 e. The standard InChI is InChI=1S/C26H33ClN8/c1-2-33-12-8-20(9-13-33)30-23-22(27)18-29-26-24(23)31-25(32-26)19-4-6-21(7-5-19)35-16-14-34(15-17-35)11-3-10-28/h4-7,18,20H,2-3,8-9,11-17H2,1H3,(H2,29,30,31,32). The van der Waals surface area contributed by atoms with Crippen LogP contribution >= 0.6 is 11.6 Å². The van der Waals surface area contributed by atoms with E-state index in [1.165, 1.54) is 5.69 Å². The molecule has 35 heavy (non-hydrogen) atoms. The first-order valence-corrected chi connectivity index (χ1v) is 13.0. The highest BCUT2D eigenvalue weighted by Crippen LogP contribution is 2.32. The zero-order valence-electron chi connectivity index (χ0n) is 20.3. The van der Waals surface area contributed by atoms with Crippen molar-refractivity contribution in [1.29, 1.82) is 5.26 Å². The van der Waals surface area contributed by atoms with E-state index in [-0.39, 0.29) is 0 Å². The van der Waals surface area contributed by atoms with Crippen LogP contribution in [-0.4, -0.2) is 83.2 Å². The lowest BCUT2D eigenvalue weighted by Gasteiger charge is -2.35. The fourth-order valence-electron chi connectivity index (χ4n) is 5.07. The molecule has 2 N–H and O–H groups in total. The molecule has 0 radical (unpaired) electrons. The zero-order valence-corrected chi connectivity index (χ0v) is 21.1. The van der Waals surface area contributed by atoms with Gasteiger partial charge in [-0.1, -0.05) is 18.5 Å². The lowest BCUT2D eigenvalue weighted by atomic mass is 10.0. The molecule has 184 valence electrons. The van der Waals surface area contributed by atoms with E-state index in [1.54, 1.807) is 6.20 Å². The third-order valence-corrected chi connectivity index (χ3v) is 7.56. The van der Waals surface area contributed by atoms with Gasteiger partial charge in [0.25, 0.3) is 0 Å². The molecule has 1 aromatic carbocycles. The first kappa shape index (κ1) is 23.9. The SMILES string of the molecule is CCN1CCC(Nc2c(Cl)cnc3[nH]c(-c4ccc(N5CCN(CCC#N)CC5)cc4)nc23)CC1. The van der Waals surface area contributed by atoms with Crippen molar-refractivity contribution in [1.82, 2.24) is 24.8 Å². The average molecular weight is 493 g/mol. The molecular formula is C26H33ClN8. The Kier molecular flexibility index (Phi) is 7.37. The summed E-state index contributed by atoms with van der Waals surface area (Å²) in [5, 5.41) is 13.1. The number of aromatic nitrogens is 3. The fourth-order valence-corrected chi connectivity index (χ4v) is 5.26. The lowest BCUT2D eigenvalue weighted by Crippen LogP contribution is -2.46. The number of H-pyrrole nitrogens is 1. The van der Waals surface area contributed by atoms with Crippen LogP contribution in [0.5, 0.6) is 0 Å². The van der Waals surface area contributed by atoms with Gasteiger partial charge < -0.3 is 20.1 Å². The minimum atomic E-state index is 0.390. The number of aromatic amines is 1. The van der Waals surface area contributed by atoms with E-state index in [4.69, 9.17) is 21.8 Å². The quantitative estimate of drug-likeness (QED) is 0.510. The van der Waals surface area contributed by atoms with Crippen molar-refractivity contribution in [3.05, 3.63) is 35.5 Å². The number of halogens is 1. The molecule has 4 heterocycles. The highest BCUT2D eigenvalue weighted by Gasteiger charge is 2.22. The molecule has 2 aliphatic rings. The van der Waals surface area contributed by atoms with Gasteiger partial charge in [0.1, 0.15) is 11.3 Å². The number of piperazine rings is 1. The summed E-state index contributed by atoms with van der Waals surface area (Å²) in [6.45, 7) is 10.3. The molecule has 0 bridgehead atoms. The van der Waals surface area contributed by atoms with Crippen LogP contribution in [0, 0.1) is 11.3 Å². The summed E-state index contributed by atoms with van der Waals surface area (Å²) in [6.07, 6.45) is 4.49. The van der Waals surface area contributed by atoms with Gasteiger partial charge in [-0.05, 0) is 43.7 Å². The molecule has 0 saturated carbocycles. The monoisotopic (exact) mass is 492 g/mol. The third kappa shape index (κ3) is 5.37. The van der Waals surface area contributed by atoms with Gasteiger partial charge in [0.05, 0.1) is 23.0 Å². The second-order valence-corrected chi connectivity index (χ2v) is 9.81. The normalized spacial score (nSPS) is 18.1. The number of imidazole rings is 1. The van der Waals surface area contributed by atoms with Crippen LogP contribution in [0.3, 0.4) is 0 Å². The van der Waals surface area contributed by atoms with E-state index >= 15 is 0 Å². The Labute approximate surface area is 211 Å². The third-order valence-electron chi connectivity index (χ3n) is 7.27. The average Bonchev–Trinajstić information content (AvgIpc) is 3.35.